The zero-order valence-corrected chi connectivity index (χ0v) is 10.6. The highest BCUT2D eigenvalue weighted by molar-refractivity contribution is 5.95. The molecule has 0 fully saturated rings. The van der Waals surface area contributed by atoms with Crippen LogP contribution in [0.4, 0.5) is 10.5 Å². The molecule has 6 heteroatoms. The van der Waals surface area contributed by atoms with Crippen molar-refractivity contribution in [1.82, 2.24) is 10.9 Å². The Morgan fingerprint density at radius 3 is 2.17 bits per heavy atom. The summed E-state index contributed by atoms with van der Waals surface area (Å²) < 4.78 is 4.96. The summed E-state index contributed by atoms with van der Waals surface area (Å²) in [5.41, 5.74) is 10.2. The summed E-state index contributed by atoms with van der Waals surface area (Å²) in [6.07, 6.45) is -0.716. The van der Waals surface area contributed by atoms with Gasteiger partial charge in [0.25, 0.3) is 5.91 Å². The lowest BCUT2D eigenvalue weighted by molar-refractivity contribution is 0.0483. The third kappa shape index (κ3) is 4.73. The Labute approximate surface area is 105 Å². The van der Waals surface area contributed by atoms with Crippen LogP contribution in [0.15, 0.2) is 24.3 Å². The molecule has 0 atom stereocenters. The number of hydrogen-bond acceptors (Lipinski definition) is 4. The van der Waals surface area contributed by atoms with E-state index in [9.17, 15) is 9.59 Å². The molecule has 18 heavy (non-hydrogen) atoms. The number of nitrogens with two attached hydrogens (primary N) is 1. The smallest absolute Gasteiger partial charge is 0.426 e. The van der Waals surface area contributed by atoms with Crippen molar-refractivity contribution in [3.63, 3.8) is 0 Å². The molecular formula is C12H17N3O3. The summed E-state index contributed by atoms with van der Waals surface area (Å²) in [6, 6.07) is 6.31. The fraction of sp³-hybridized carbons (Fsp3) is 0.333. The predicted molar refractivity (Wildman–Crippen MR) is 67.7 cm³/mol. The Balaban J connectivity index is 2.47. The van der Waals surface area contributed by atoms with Crippen LogP contribution in [0.3, 0.4) is 0 Å². The highest BCUT2D eigenvalue weighted by atomic mass is 16.6. The first kappa shape index (κ1) is 13.8. The quantitative estimate of drug-likeness (QED) is 0.520. The Morgan fingerprint density at radius 2 is 1.67 bits per heavy atom. The van der Waals surface area contributed by atoms with Crippen molar-refractivity contribution in [3.05, 3.63) is 29.8 Å². The number of ether oxygens (including phenoxy) is 1. The van der Waals surface area contributed by atoms with Crippen LogP contribution in [-0.4, -0.2) is 17.6 Å². The topological polar surface area (TPSA) is 93.5 Å². The molecular weight excluding hydrogens is 234 g/mol. The van der Waals surface area contributed by atoms with Gasteiger partial charge in [0.05, 0.1) is 0 Å². The van der Waals surface area contributed by atoms with Crippen molar-refractivity contribution in [2.75, 3.05) is 5.73 Å². The molecule has 1 aromatic carbocycles. The lowest BCUT2D eigenvalue weighted by Gasteiger charge is -2.19. The zero-order valence-electron chi connectivity index (χ0n) is 10.6. The fourth-order valence-electron chi connectivity index (χ4n) is 1.12. The first-order chi connectivity index (χ1) is 8.28. The number of anilines is 1. The third-order valence-corrected chi connectivity index (χ3v) is 1.85. The predicted octanol–water partition coefficient (Wildman–Crippen LogP) is 1.44. The SMILES string of the molecule is CC(C)(C)OC(=O)NNC(=O)c1ccc(N)cc1. The Kier molecular flexibility index (Phi) is 4.14. The summed E-state index contributed by atoms with van der Waals surface area (Å²) >= 11 is 0. The maximum absolute atomic E-state index is 11.6. The fourth-order valence-corrected chi connectivity index (χ4v) is 1.12. The van der Waals surface area contributed by atoms with Crippen molar-refractivity contribution in [3.8, 4) is 0 Å². The molecule has 0 unspecified atom stereocenters. The molecule has 0 radical (unpaired) electrons. The molecule has 1 rings (SSSR count). The largest absolute Gasteiger partial charge is 0.443 e. The van der Waals surface area contributed by atoms with Gasteiger partial charge in [0.1, 0.15) is 5.60 Å². The van der Waals surface area contributed by atoms with Crippen LogP contribution in [-0.2, 0) is 4.74 Å². The van der Waals surface area contributed by atoms with Gasteiger partial charge in [0, 0.05) is 11.3 Å². The van der Waals surface area contributed by atoms with Gasteiger partial charge >= 0.3 is 6.09 Å². The van der Waals surface area contributed by atoms with Gasteiger partial charge in [0.15, 0.2) is 0 Å². The van der Waals surface area contributed by atoms with E-state index >= 15 is 0 Å². The average Bonchev–Trinajstić information content (AvgIpc) is 2.24. The van der Waals surface area contributed by atoms with Gasteiger partial charge in [-0.2, -0.15) is 0 Å². The van der Waals surface area contributed by atoms with E-state index in [1.54, 1.807) is 45.0 Å². The second-order valence-corrected chi connectivity index (χ2v) is 4.70. The van der Waals surface area contributed by atoms with Crippen LogP contribution >= 0.6 is 0 Å². The normalized spacial score (nSPS) is 10.6. The number of nitrogen functional groups attached to an aromatic ring is 1. The molecule has 0 aliphatic carbocycles. The summed E-state index contributed by atoms with van der Waals surface area (Å²) in [5.74, 6) is -0.444. The zero-order chi connectivity index (χ0) is 13.8. The van der Waals surface area contributed by atoms with Gasteiger partial charge < -0.3 is 10.5 Å². The van der Waals surface area contributed by atoms with E-state index in [2.05, 4.69) is 10.9 Å². The van der Waals surface area contributed by atoms with Gasteiger partial charge in [-0.3, -0.25) is 10.2 Å². The molecule has 0 saturated heterocycles. The first-order valence-electron chi connectivity index (χ1n) is 5.43. The van der Waals surface area contributed by atoms with E-state index in [1.165, 1.54) is 0 Å². The molecule has 0 heterocycles. The molecule has 0 spiro atoms. The second kappa shape index (κ2) is 5.39. The minimum absolute atomic E-state index is 0.389. The number of rotatable bonds is 1. The van der Waals surface area contributed by atoms with Crippen LogP contribution in [0.5, 0.6) is 0 Å². The van der Waals surface area contributed by atoms with E-state index in [4.69, 9.17) is 10.5 Å². The van der Waals surface area contributed by atoms with Crippen molar-refractivity contribution < 1.29 is 14.3 Å². The van der Waals surface area contributed by atoms with Gasteiger partial charge in [-0.25, -0.2) is 10.2 Å². The molecule has 4 N–H and O–H groups in total. The highest BCUT2D eigenvalue weighted by Crippen LogP contribution is 2.06. The molecule has 0 aliphatic rings. The molecule has 2 amide bonds. The van der Waals surface area contributed by atoms with Crippen LogP contribution < -0.4 is 16.6 Å². The van der Waals surface area contributed by atoms with Crippen LogP contribution in [0.1, 0.15) is 31.1 Å². The summed E-state index contributed by atoms with van der Waals surface area (Å²) in [4.78, 5) is 22.9. The molecule has 1 aromatic rings. The number of carbonyl (C=O) groups excluding carboxylic acids is 2. The molecule has 6 nitrogen and oxygen atoms in total. The number of hydrazine groups is 1. The minimum atomic E-state index is -0.716. The molecule has 0 aromatic heterocycles. The van der Waals surface area contributed by atoms with Crippen molar-refractivity contribution in [1.29, 1.82) is 0 Å². The molecule has 98 valence electrons. The first-order valence-corrected chi connectivity index (χ1v) is 5.43. The number of nitrogens with one attached hydrogen (secondary N) is 2. The molecule has 0 bridgehead atoms. The summed E-state index contributed by atoms with van der Waals surface area (Å²) in [5, 5.41) is 0. The Bertz CT molecular complexity index is 435. The van der Waals surface area contributed by atoms with Crippen molar-refractivity contribution in [2.24, 2.45) is 0 Å². The minimum Gasteiger partial charge on any atom is -0.443 e. The van der Waals surface area contributed by atoms with Crippen molar-refractivity contribution in [2.45, 2.75) is 26.4 Å². The third-order valence-electron chi connectivity index (χ3n) is 1.85. The van der Waals surface area contributed by atoms with Gasteiger partial charge in [-0.15, -0.1) is 0 Å². The van der Waals surface area contributed by atoms with Gasteiger partial charge in [-0.1, -0.05) is 0 Å². The van der Waals surface area contributed by atoms with Crippen LogP contribution in [0.2, 0.25) is 0 Å². The van der Waals surface area contributed by atoms with E-state index in [0.29, 0.717) is 11.3 Å². The maximum Gasteiger partial charge on any atom is 0.426 e. The van der Waals surface area contributed by atoms with Crippen molar-refractivity contribution >= 4 is 17.7 Å². The number of hydrogen-bond donors (Lipinski definition) is 3. The van der Waals surface area contributed by atoms with Gasteiger partial charge in [-0.05, 0) is 45.0 Å². The lowest BCUT2D eigenvalue weighted by atomic mass is 10.2. The van der Waals surface area contributed by atoms with E-state index in [-0.39, 0.29) is 0 Å². The second-order valence-electron chi connectivity index (χ2n) is 4.70. The Hall–Kier alpha value is -2.24. The lowest BCUT2D eigenvalue weighted by Crippen LogP contribution is -2.44. The standard InChI is InChI=1S/C12H17N3O3/c1-12(2,3)18-11(17)15-14-10(16)8-4-6-9(13)7-5-8/h4-7H,13H2,1-3H3,(H,14,16)(H,15,17). The Morgan fingerprint density at radius 1 is 1.11 bits per heavy atom. The van der Waals surface area contributed by atoms with Crippen LogP contribution in [0, 0.1) is 0 Å². The van der Waals surface area contributed by atoms with E-state index < -0.39 is 17.6 Å². The van der Waals surface area contributed by atoms with Crippen LogP contribution in [0.25, 0.3) is 0 Å². The average molecular weight is 251 g/mol. The highest BCUT2D eigenvalue weighted by Gasteiger charge is 2.16. The number of carbonyl (C=O) groups is 2. The molecule has 0 aliphatic heterocycles. The summed E-state index contributed by atoms with van der Waals surface area (Å²) in [6.45, 7) is 5.19. The monoisotopic (exact) mass is 251 g/mol. The van der Waals surface area contributed by atoms with E-state index in [1.807, 2.05) is 0 Å². The number of benzene rings is 1. The maximum atomic E-state index is 11.6. The number of amides is 2. The summed E-state index contributed by atoms with van der Waals surface area (Å²) in [7, 11) is 0. The molecule has 0 saturated carbocycles. The van der Waals surface area contributed by atoms with E-state index in [0.717, 1.165) is 0 Å². The van der Waals surface area contributed by atoms with Gasteiger partial charge in [0.2, 0.25) is 0 Å².